The molecule has 0 bridgehead atoms. The molecule has 1 atom stereocenters. The fourth-order valence-electron chi connectivity index (χ4n) is 6.51. The van der Waals surface area contributed by atoms with Crippen molar-refractivity contribution in [2.24, 2.45) is 23.7 Å². The summed E-state index contributed by atoms with van der Waals surface area (Å²) in [5.41, 5.74) is 0.552. The molecule has 3 heteroatoms. The van der Waals surface area contributed by atoms with Gasteiger partial charge in [0.1, 0.15) is 0 Å². The van der Waals surface area contributed by atoms with Crippen LogP contribution in [0.2, 0.25) is 0 Å². The number of unbranched alkanes of at least 4 members (excludes halogenated alkanes) is 4. The lowest BCUT2D eigenvalue weighted by Crippen LogP contribution is -2.28. The highest BCUT2D eigenvalue weighted by Crippen LogP contribution is 2.45. The van der Waals surface area contributed by atoms with Crippen molar-refractivity contribution in [3.05, 3.63) is 29.3 Å². The molecule has 1 aromatic rings. The zero-order chi connectivity index (χ0) is 22.9. The summed E-state index contributed by atoms with van der Waals surface area (Å²) in [5.74, 6) is 2.02. The first kappa shape index (κ1) is 25.5. The van der Waals surface area contributed by atoms with Gasteiger partial charge >= 0.3 is 0 Å². The van der Waals surface area contributed by atoms with Crippen LogP contribution in [0.3, 0.4) is 0 Å². The number of halogens is 2. The van der Waals surface area contributed by atoms with E-state index in [4.69, 9.17) is 4.74 Å². The summed E-state index contributed by atoms with van der Waals surface area (Å²) in [7, 11) is 0. The summed E-state index contributed by atoms with van der Waals surface area (Å²) < 4.78 is 34.2. The molecule has 1 nitrogen and oxygen atoms in total. The molecule has 32 heavy (non-hydrogen) atoms. The maximum Gasteiger partial charge on any atom is 0.200 e. The molecule has 0 saturated heterocycles. The van der Waals surface area contributed by atoms with E-state index in [-0.39, 0.29) is 11.7 Å². The summed E-state index contributed by atoms with van der Waals surface area (Å²) in [5, 5.41) is 0. The lowest BCUT2D eigenvalue weighted by molar-refractivity contribution is 0.131. The largest absolute Gasteiger partial charge is 0.491 e. The second kappa shape index (κ2) is 12.9. The van der Waals surface area contributed by atoms with Crippen LogP contribution < -0.4 is 4.74 Å². The SMILES string of the molecule is CCCCCCCC1CCC(C(C)C2CCC(c3ccc(OCC)c(F)c3F)CC2)CC1. The third-order valence-electron chi connectivity index (χ3n) is 8.68. The van der Waals surface area contributed by atoms with E-state index in [0.29, 0.717) is 12.2 Å². The molecule has 0 N–H and O–H groups in total. The molecule has 0 spiro atoms. The smallest absolute Gasteiger partial charge is 0.200 e. The van der Waals surface area contributed by atoms with Crippen LogP contribution in [0.5, 0.6) is 5.75 Å². The zero-order valence-electron chi connectivity index (χ0n) is 20.8. The van der Waals surface area contributed by atoms with Crippen molar-refractivity contribution in [3.8, 4) is 5.75 Å². The number of rotatable bonds is 11. The fraction of sp³-hybridized carbons (Fsp3) is 0.793. The topological polar surface area (TPSA) is 9.23 Å². The minimum absolute atomic E-state index is 0.0348. The van der Waals surface area contributed by atoms with Crippen molar-refractivity contribution >= 4 is 0 Å². The van der Waals surface area contributed by atoms with Crippen molar-refractivity contribution < 1.29 is 13.5 Å². The van der Waals surface area contributed by atoms with Gasteiger partial charge in [-0.15, -0.1) is 0 Å². The van der Waals surface area contributed by atoms with Gasteiger partial charge in [-0.25, -0.2) is 4.39 Å². The van der Waals surface area contributed by atoms with Gasteiger partial charge in [0.2, 0.25) is 5.82 Å². The van der Waals surface area contributed by atoms with Crippen molar-refractivity contribution in [1.29, 1.82) is 0 Å². The highest BCUT2D eigenvalue weighted by atomic mass is 19.2. The Bertz CT molecular complexity index is 672. The van der Waals surface area contributed by atoms with Crippen molar-refractivity contribution in [2.45, 2.75) is 117 Å². The quantitative estimate of drug-likeness (QED) is 0.306. The molecule has 1 unspecified atom stereocenters. The van der Waals surface area contributed by atoms with Crippen LogP contribution in [-0.2, 0) is 0 Å². The van der Waals surface area contributed by atoms with Gasteiger partial charge in [-0.05, 0) is 86.7 Å². The number of hydrogen-bond donors (Lipinski definition) is 0. The summed E-state index contributed by atoms with van der Waals surface area (Å²) in [4.78, 5) is 0. The summed E-state index contributed by atoms with van der Waals surface area (Å²) in [6.45, 7) is 6.89. The van der Waals surface area contributed by atoms with Crippen molar-refractivity contribution in [1.82, 2.24) is 0 Å². The second-order valence-electron chi connectivity index (χ2n) is 10.7. The molecular weight excluding hydrogens is 402 g/mol. The van der Waals surface area contributed by atoms with Crippen LogP contribution in [0.25, 0.3) is 0 Å². The van der Waals surface area contributed by atoms with Gasteiger partial charge in [-0.3, -0.25) is 0 Å². The molecule has 2 fully saturated rings. The minimum atomic E-state index is -0.818. The van der Waals surface area contributed by atoms with Gasteiger partial charge < -0.3 is 4.74 Å². The fourth-order valence-corrected chi connectivity index (χ4v) is 6.51. The summed E-state index contributed by atoms with van der Waals surface area (Å²) in [6, 6.07) is 3.36. The Morgan fingerprint density at radius 3 is 2.06 bits per heavy atom. The molecule has 2 aliphatic carbocycles. The van der Waals surface area contributed by atoms with Gasteiger partial charge in [0.25, 0.3) is 0 Å². The van der Waals surface area contributed by atoms with Crippen LogP contribution >= 0.6 is 0 Å². The van der Waals surface area contributed by atoms with E-state index in [1.807, 2.05) is 0 Å². The van der Waals surface area contributed by atoms with Crippen LogP contribution in [0, 0.1) is 35.3 Å². The predicted molar refractivity (Wildman–Crippen MR) is 130 cm³/mol. The molecule has 182 valence electrons. The van der Waals surface area contributed by atoms with E-state index >= 15 is 0 Å². The summed E-state index contributed by atoms with van der Waals surface area (Å²) in [6.07, 6.45) is 18.3. The molecule has 0 aromatic heterocycles. The lowest BCUT2D eigenvalue weighted by Gasteiger charge is -2.39. The monoisotopic (exact) mass is 448 g/mol. The van der Waals surface area contributed by atoms with Crippen molar-refractivity contribution in [3.63, 3.8) is 0 Å². The van der Waals surface area contributed by atoms with Gasteiger partial charge in [0.05, 0.1) is 6.61 Å². The van der Waals surface area contributed by atoms with Crippen LogP contribution in [0.15, 0.2) is 12.1 Å². The molecule has 2 saturated carbocycles. The van der Waals surface area contributed by atoms with Gasteiger partial charge in [0.15, 0.2) is 11.6 Å². The molecule has 2 aliphatic rings. The average Bonchev–Trinajstić information content (AvgIpc) is 2.82. The van der Waals surface area contributed by atoms with Crippen molar-refractivity contribution in [2.75, 3.05) is 6.61 Å². The first-order chi connectivity index (χ1) is 15.5. The Kier molecular flexibility index (Phi) is 10.3. The van der Waals surface area contributed by atoms with Crippen LogP contribution in [-0.4, -0.2) is 6.61 Å². The minimum Gasteiger partial charge on any atom is -0.491 e. The average molecular weight is 449 g/mol. The Morgan fingerprint density at radius 1 is 0.812 bits per heavy atom. The Labute approximate surface area is 195 Å². The van der Waals surface area contributed by atoms with E-state index in [2.05, 4.69) is 13.8 Å². The highest BCUT2D eigenvalue weighted by molar-refractivity contribution is 5.33. The second-order valence-corrected chi connectivity index (χ2v) is 10.7. The van der Waals surface area contributed by atoms with E-state index in [9.17, 15) is 8.78 Å². The number of hydrogen-bond acceptors (Lipinski definition) is 1. The third-order valence-corrected chi connectivity index (χ3v) is 8.68. The van der Waals surface area contributed by atoms with E-state index in [0.717, 1.165) is 49.4 Å². The number of benzene rings is 1. The highest BCUT2D eigenvalue weighted by Gasteiger charge is 2.33. The van der Waals surface area contributed by atoms with E-state index < -0.39 is 11.6 Å². The van der Waals surface area contributed by atoms with E-state index in [1.54, 1.807) is 19.1 Å². The summed E-state index contributed by atoms with van der Waals surface area (Å²) >= 11 is 0. The standard InChI is InChI=1S/C29H46F2O/c1-4-6-7-8-9-10-22-11-13-23(14-12-22)21(3)24-15-17-25(18-16-24)26-19-20-27(32-5-2)29(31)28(26)30/h19-25H,4-18H2,1-3H3. The normalized spacial score (nSPS) is 27.3. The van der Waals surface area contributed by atoms with Crippen LogP contribution in [0.4, 0.5) is 8.78 Å². The zero-order valence-corrected chi connectivity index (χ0v) is 20.8. The van der Waals surface area contributed by atoms with Crippen LogP contribution in [0.1, 0.15) is 122 Å². The maximum absolute atomic E-state index is 14.6. The first-order valence-corrected chi connectivity index (χ1v) is 13.7. The molecular formula is C29H46F2O. The molecule has 1 aromatic carbocycles. The first-order valence-electron chi connectivity index (χ1n) is 13.7. The van der Waals surface area contributed by atoms with Gasteiger partial charge in [-0.1, -0.05) is 71.3 Å². The maximum atomic E-state index is 14.6. The molecule has 0 aliphatic heterocycles. The van der Waals surface area contributed by atoms with E-state index in [1.165, 1.54) is 64.2 Å². The predicted octanol–water partition coefficient (Wildman–Crippen LogP) is 9.44. The van der Waals surface area contributed by atoms with Gasteiger partial charge in [-0.2, -0.15) is 4.39 Å². The lowest BCUT2D eigenvalue weighted by atomic mass is 9.66. The molecule has 0 heterocycles. The molecule has 0 radical (unpaired) electrons. The Balaban J connectivity index is 1.42. The molecule has 0 amide bonds. The molecule has 3 rings (SSSR count). The Hall–Kier alpha value is -1.12. The third kappa shape index (κ3) is 6.70. The number of ether oxygens (including phenoxy) is 1. The van der Waals surface area contributed by atoms with Gasteiger partial charge in [0, 0.05) is 0 Å². The Morgan fingerprint density at radius 2 is 1.44 bits per heavy atom.